The van der Waals surface area contributed by atoms with E-state index >= 15 is 0 Å². The van der Waals surface area contributed by atoms with Crippen molar-refractivity contribution >= 4 is 23.1 Å². The fraction of sp³-hybridized carbons (Fsp3) is 0.391. The van der Waals surface area contributed by atoms with Crippen molar-refractivity contribution in [2.45, 2.75) is 45.4 Å². The maximum absolute atomic E-state index is 14.3. The number of nitrogens with zero attached hydrogens (tertiary/aromatic N) is 3. The van der Waals surface area contributed by atoms with Crippen molar-refractivity contribution in [3.05, 3.63) is 59.9 Å². The van der Waals surface area contributed by atoms with Gasteiger partial charge < -0.3 is 19.5 Å². The van der Waals surface area contributed by atoms with Crippen LogP contribution in [-0.4, -0.2) is 45.3 Å². The maximum Gasteiger partial charge on any atom is 0.410 e. The number of para-hydroxylation sites is 2. The molecule has 1 N–H and O–H groups in total. The topological polar surface area (TPSA) is 59.4 Å². The molecule has 1 saturated heterocycles. The fourth-order valence-corrected chi connectivity index (χ4v) is 3.70. The highest BCUT2D eigenvalue weighted by atomic mass is 19.1. The number of hydrogen-bond acceptors (Lipinski definition) is 4. The van der Waals surface area contributed by atoms with Gasteiger partial charge in [-0.2, -0.15) is 0 Å². The number of hydrogen-bond donors (Lipinski definition) is 1. The van der Waals surface area contributed by atoms with Gasteiger partial charge in [-0.3, -0.25) is 0 Å². The van der Waals surface area contributed by atoms with Crippen molar-refractivity contribution in [2.24, 2.45) is 0 Å². The molecule has 1 amide bonds. The van der Waals surface area contributed by atoms with Crippen molar-refractivity contribution in [3.63, 3.8) is 0 Å². The lowest BCUT2D eigenvalue weighted by molar-refractivity contribution is 0.0293. The minimum Gasteiger partial charge on any atom is -0.444 e. The first-order chi connectivity index (χ1) is 14.3. The van der Waals surface area contributed by atoms with Gasteiger partial charge in [0.15, 0.2) is 0 Å². The summed E-state index contributed by atoms with van der Waals surface area (Å²) in [5, 5.41) is 3.47. The average molecular weight is 410 g/mol. The van der Waals surface area contributed by atoms with Gasteiger partial charge in [0.2, 0.25) is 5.95 Å². The molecule has 3 aromatic rings. The van der Waals surface area contributed by atoms with Crippen LogP contribution in [0, 0.1) is 5.82 Å². The van der Waals surface area contributed by atoms with Crippen LogP contribution in [-0.2, 0) is 11.3 Å². The first-order valence-electron chi connectivity index (χ1n) is 10.2. The standard InChI is InChI=1S/C23H27FN4O2/c1-23(2,3)30-22(29)27-13-12-17(15-27)25-21-26-19-10-6-7-11-20(19)28(21)14-16-8-4-5-9-18(16)24/h4-11,17H,12-15H2,1-3H3,(H,25,26)/t17-/m1/s1. The van der Waals surface area contributed by atoms with Crippen LogP contribution in [0.15, 0.2) is 48.5 Å². The number of carbonyl (C=O) groups is 1. The van der Waals surface area contributed by atoms with Crippen LogP contribution in [0.2, 0.25) is 0 Å². The zero-order chi connectivity index (χ0) is 21.3. The number of carbonyl (C=O) groups excluding carboxylic acids is 1. The molecular formula is C23H27FN4O2. The van der Waals surface area contributed by atoms with Gasteiger partial charge in [0.1, 0.15) is 11.4 Å². The van der Waals surface area contributed by atoms with Crippen LogP contribution in [0.1, 0.15) is 32.8 Å². The monoisotopic (exact) mass is 410 g/mol. The van der Waals surface area contributed by atoms with Crippen LogP contribution in [0.3, 0.4) is 0 Å². The zero-order valence-corrected chi connectivity index (χ0v) is 17.6. The predicted octanol–water partition coefficient (Wildman–Crippen LogP) is 4.65. The highest BCUT2D eigenvalue weighted by Crippen LogP contribution is 2.24. The van der Waals surface area contributed by atoms with Gasteiger partial charge in [0.05, 0.1) is 17.6 Å². The van der Waals surface area contributed by atoms with Crippen LogP contribution >= 0.6 is 0 Å². The number of benzene rings is 2. The summed E-state index contributed by atoms with van der Waals surface area (Å²) in [7, 11) is 0. The number of amides is 1. The normalized spacial score (nSPS) is 16.8. The third-order valence-electron chi connectivity index (χ3n) is 5.11. The van der Waals surface area contributed by atoms with E-state index in [0.717, 1.165) is 17.5 Å². The van der Waals surface area contributed by atoms with Crippen molar-refractivity contribution in [2.75, 3.05) is 18.4 Å². The Labute approximate surface area is 175 Å². The van der Waals surface area contributed by atoms with Gasteiger partial charge >= 0.3 is 6.09 Å². The number of halogens is 1. The molecule has 1 aliphatic rings. The molecular weight excluding hydrogens is 383 g/mol. The SMILES string of the molecule is CC(C)(C)OC(=O)N1CC[C@@H](Nc2nc3ccccc3n2Cc2ccccc2F)C1. The second kappa shape index (κ2) is 7.97. The Bertz CT molecular complexity index is 1060. The summed E-state index contributed by atoms with van der Waals surface area (Å²) in [6, 6.07) is 14.6. The molecule has 1 atom stereocenters. The Morgan fingerprint density at radius 2 is 1.93 bits per heavy atom. The summed E-state index contributed by atoms with van der Waals surface area (Å²) in [5.74, 6) is 0.439. The van der Waals surface area contributed by atoms with Crippen LogP contribution in [0.5, 0.6) is 0 Å². The molecule has 1 aromatic heterocycles. The fourth-order valence-electron chi connectivity index (χ4n) is 3.70. The Morgan fingerprint density at radius 1 is 1.20 bits per heavy atom. The number of aromatic nitrogens is 2. The largest absolute Gasteiger partial charge is 0.444 e. The summed E-state index contributed by atoms with van der Waals surface area (Å²) in [4.78, 5) is 18.8. The lowest BCUT2D eigenvalue weighted by Gasteiger charge is -2.24. The molecule has 7 heteroatoms. The maximum atomic E-state index is 14.3. The van der Waals surface area contributed by atoms with E-state index in [2.05, 4.69) is 5.32 Å². The van der Waals surface area contributed by atoms with E-state index in [4.69, 9.17) is 9.72 Å². The molecule has 4 rings (SSSR count). The van der Waals surface area contributed by atoms with E-state index < -0.39 is 5.60 Å². The van der Waals surface area contributed by atoms with E-state index in [-0.39, 0.29) is 18.0 Å². The third kappa shape index (κ3) is 4.40. The minimum absolute atomic E-state index is 0.0497. The second-order valence-corrected chi connectivity index (χ2v) is 8.66. The smallest absolute Gasteiger partial charge is 0.410 e. The van der Waals surface area contributed by atoms with Gasteiger partial charge in [-0.05, 0) is 45.4 Å². The third-order valence-corrected chi connectivity index (χ3v) is 5.11. The van der Waals surface area contributed by atoms with Gasteiger partial charge in [-0.15, -0.1) is 0 Å². The lowest BCUT2D eigenvalue weighted by Crippen LogP contribution is -2.36. The summed E-state index contributed by atoms with van der Waals surface area (Å²) < 4.78 is 21.8. The molecule has 0 saturated carbocycles. The molecule has 158 valence electrons. The number of nitrogens with one attached hydrogen (secondary N) is 1. The second-order valence-electron chi connectivity index (χ2n) is 8.66. The number of anilines is 1. The summed E-state index contributed by atoms with van der Waals surface area (Å²) in [5.41, 5.74) is 1.87. The Kier molecular flexibility index (Phi) is 5.37. The van der Waals surface area contributed by atoms with E-state index in [1.807, 2.05) is 55.7 Å². The quantitative estimate of drug-likeness (QED) is 0.680. The summed E-state index contributed by atoms with van der Waals surface area (Å²) in [6.45, 7) is 7.13. The van der Waals surface area contributed by atoms with Gasteiger partial charge in [0, 0.05) is 24.7 Å². The Morgan fingerprint density at radius 3 is 2.70 bits per heavy atom. The molecule has 0 radical (unpaired) electrons. The van der Waals surface area contributed by atoms with Crippen LogP contribution in [0.25, 0.3) is 11.0 Å². The molecule has 2 heterocycles. The molecule has 0 aliphatic carbocycles. The Hall–Kier alpha value is -3.09. The first-order valence-corrected chi connectivity index (χ1v) is 10.2. The van der Waals surface area contributed by atoms with E-state index in [1.54, 1.807) is 17.0 Å². The van der Waals surface area contributed by atoms with E-state index in [1.165, 1.54) is 6.07 Å². The van der Waals surface area contributed by atoms with Crippen LogP contribution in [0.4, 0.5) is 15.1 Å². The van der Waals surface area contributed by atoms with Gasteiger partial charge in [-0.1, -0.05) is 30.3 Å². The van der Waals surface area contributed by atoms with Crippen molar-refractivity contribution in [1.82, 2.24) is 14.5 Å². The zero-order valence-electron chi connectivity index (χ0n) is 17.6. The first kappa shape index (κ1) is 20.2. The molecule has 0 bridgehead atoms. The molecule has 6 nitrogen and oxygen atoms in total. The summed E-state index contributed by atoms with van der Waals surface area (Å²) in [6.07, 6.45) is 0.494. The number of fused-ring (bicyclic) bond motifs is 1. The number of rotatable bonds is 4. The van der Waals surface area contributed by atoms with Crippen LogP contribution < -0.4 is 5.32 Å². The van der Waals surface area contributed by atoms with Gasteiger partial charge in [-0.25, -0.2) is 14.2 Å². The summed E-state index contributed by atoms with van der Waals surface area (Å²) >= 11 is 0. The molecule has 0 unspecified atom stereocenters. The molecule has 0 spiro atoms. The molecule has 2 aromatic carbocycles. The minimum atomic E-state index is -0.518. The molecule has 1 fully saturated rings. The number of likely N-dealkylation sites (tertiary alicyclic amines) is 1. The van der Waals surface area contributed by atoms with Crippen molar-refractivity contribution in [1.29, 1.82) is 0 Å². The highest BCUT2D eigenvalue weighted by Gasteiger charge is 2.30. The number of imidazole rings is 1. The number of ether oxygens (including phenoxy) is 1. The lowest BCUT2D eigenvalue weighted by atomic mass is 10.2. The molecule has 30 heavy (non-hydrogen) atoms. The predicted molar refractivity (Wildman–Crippen MR) is 115 cm³/mol. The van der Waals surface area contributed by atoms with Crippen molar-refractivity contribution in [3.8, 4) is 0 Å². The Balaban J connectivity index is 1.55. The van der Waals surface area contributed by atoms with E-state index in [9.17, 15) is 9.18 Å². The van der Waals surface area contributed by atoms with E-state index in [0.29, 0.717) is 31.1 Å². The van der Waals surface area contributed by atoms with Crippen molar-refractivity contribution < 1.29 is 13.9 Å². The average Bonchev–Trinajstić information content (AvgIpc) is 3.28. The highest BCUT2D eigenvalue weighted by molar-refractivity contribution is 5.79. The molecule has 1 aliphatic heterocycles. The van der Waals surface area contributed by atoms with Gasteiger partial charge in [0.25, 0.3) is 0 Å².